The van der Waals surface area contributed by atoms with Crippen LogP contribution in [0.5, 0.6) is 0 Å². The van der Waals surface area contributed by atoms with Crippen molar-refractivity contribution < 1.29 is 14.6 Å². The minimum Gasteiger partial charge on any atom is -0.393 e. The minimum atomic E-state index is -0.275. The number of aliphatic hydroxyl groups is 1. The summed E-state index contributed by atoms with van der Waals surface area (Å²) in [7, 11) is 0. The zero-order chi connectivity index (χ0) is 8.27. The molecule has 0 aliphatic carbocycles. The summed E-state index contributed by atoms with van der Waals surface area (Å²) in [6.07, 6.45) is 0.430. The Kier molecular flexibility index (Phi) is 3.30. The molecule has 1 saturated heterocycles. The summed E-state index contributed by atoms with van der Waals surface area (Å²) in [6, 6.07) is 0. The third-order valence-electron chi connectivity index (χ3n) is 2.08. The predicted molar refractivity (Wildman–Crippen MR) is 41.2 cm³/mol. The van der Waals surface area contributed by atoms with Crippen molar-refractivity contribution >= 4 is 0 Å². The smallest absolute Gasteiger partial charge is 0.158 e. The second kappa shape index (κ2) is 4.04. The summed E-state index contributed by atoms with van der Waals surface area (Å²) in [5.41, 5.74) is 0. The Bertz CT molecular complexity index is 108. The van der Waals surface area contributed by atoms with Crippen LogP contribution >= 0.6 is 0 Å². The molecular formula is C8H16O3. The van der Waals surface area contributed by atoms with Gasteiger partial charge in [-0.05, 0) is 12.8 Å². The molecule has 0 saturated carbocycles. The molecule has 1 heterocycles. The van der Waals surface area contributed by atoms with Gasteiger partial charge >= 0.3 is 0 Å². The molecule has 1 fully saturated rings. The van der Waals surface area contributed by atoms with Crippen LogP contribution in [0.2, 0.25) is 0 Å². The second-order valence-corrected chi connectivity index (χ2v) is 3.12. The SMILES string of the molecule is CC(O)C(C)CC1OCCO1. The lowest BCUT2D eigenvalue weighted by atomic mass is 10.0. The minimum absolute atomic E-state index is 0.0837. The van der Waals surface area contributed by atoms with E-state index in [2.05, 4.69) is 0 Å². The van der Waals surface area contributed by atoms with Crippen molar-refractivity contribution in [1.82, 2.24) is 0 Å². The molecule has 0 aromatic heterocycles. The zero-order valence-electron chi connectivity index (χ0n) is 7.12. The molecule has 3 nitrogen and oxygen atoms in total. The molecule has 0 radical (unpaired) electrons. The zero-order valence-corrected chi connectivity index (χ0v) is 7.12. The van der Waals surface area contributed by atoms with Gasteiger partial charge in [-0.25, -0.2) is 0 Å². The first-order chi connectivity index (χ1) is 5.20. The molecule has 1 aliphatic rings. The van der Waals surface area contributed by atoms with Gasteiger partial charge in [0.1, 0.15) is 0 Å². The molecule has 2 unspecified atom stereocenters. The summed E-state index contributed by atoms with van der Waals surface area (Å²) in [6.45, 7) is 5.17. The van der Waals surface area contributed by atoms with Crippen LogP contribution in [0, 0.1) is 5.92 Å². The van der Waals surface area contributed by atoms with E-state index in [1.54, 1.807) is 6.92 Å². The monoisotopic (exact) mass is 160 g/mol. The van der Waals surface area contributed by atoms with Crippen molar-refractivity contribution in [2.45, 2.75) is 32.7 Å². The summed E-state index contributed by atoms with van der Waals surface area (Å²) < 4.78 is 10.5. The first-order valence-electron chi connectivity index (χ1n) is 4.11. The molecule has 0 spiro atoms. The van der Waals surface area contributed by atoms with Gasteiger partial charge in [0.15, 0.2) is 6.29 Å². The van der Waals surface area contributed by atoms with Crippen LogP contribution in [0.15, 0.2) is 0 Å². The van der Waals surface area contributed by atoms with Gasteiger partial charge in [0.25, 0.3) is 0 Å². The Morgan fingerprint density at radius 2 is 1.91 bits per heavy atom. The molecule has 0 bridgehead atoms. The van der Waals surface area contributed by atoms with Crippen LogP contribution in [0.25, 0.3) is 0 Å². The molecule has 1 N–H and O–H groups in total. The van der Waals surface area contributed by atoms with E-state index in [-0.39, 0.29) is 18.3 Å². The predicted octanol–water partition coefficient (Wildman–Crippen LogP) is 0.766. The van der Waals surface area contributed by atoms with Crippen molar-refractivity contribution in [3.8, 4) is 0 Å². The molecule has 0 aromatic rings. The highest BCUT2D eigenvalue weighted by atomic mass is 16.7. The molecule has 0 aromatic carbocycles. The summed E-state index contributed by atoms with van der Waals surface area (Å²) >= 11 is 0. The normalized spacial score (nSPS) is 25.4. The first-order valence-corrected chi connectivity index (χ1v) is 4.11. The summed E-state index contributed by atoms with van der Waals surface area (Å²) in [5, 5.41) is 9.17. The van der Waals surface area contributed by atoms with Gasteiger partial charge < -0.3 is 14.6 Å². The molecule has 11 heavy (non-hydrogen) atoms. The standard InChI is InChI=1S/C8H16O3/c1-6(7(2)9)5-8-10-3-4-11-8/h6-9H,3-5H2,1-2H3. The van der Waals surface area contributed by atoms with Crippen LogP contribution in [-0.2, 0) is 9.47 Å². The van der Waals surface area contributed by atoms with E-state index >= 15 is 0 Å². The van der Waals surface area contributed by atoms with Gasteiger partial charge in [-0.15, -0.1) is 0 Å². The highest BCUT2D eigenvalue weighted by molar-refractivity contribution is 4.63. The van der Waals surface area contributed by atoms with Crippen molar-refractivity contribution in [3.05, 3.63) is 0 Å². The third kappa shape index (κ3) is 2.77. The Morgan fingerprint density at radius 1 is 1.36 bits per heavy atom. The highest BCUT2D eigenvalue weighted by Crippen LogP contribution is 2.16. The number of hydrogen-bond donors (Lipinski definition) is 1. The Morgan fingerprint density at radius 3 is 2.36 bits per heavy atom. The van der Waals surface area contributed by atoms with Crippen molar-refractivity contribution in [3.63, 3.8) is 0 Å². The van der Waals surface area contributed by atoms with Crippen LogP contribution in [-0.4, -0.2) is 30.7 Å². The van der Waals surface area contributed by atoms with E-state index in [0.717, 1.165) is 6.42 Å². The molecule has 66 valence electrons. The average Bonchev–Trinajstić information content (AvgIpc) is 2.39. The maximum Gasteiger partial charge on any atom is 0.158 e. The van der Waals surface area contributed by atoms with Gasteiger partial charge in [-0.2, -0.15) is 0 Å². The molecular weight excluding hydrogens is 144 g/mol. The largest absolute Gasteiger partial charge is 0.393 e. The lowest BCUT2D eigenvalue weighted by Gasteiger charge is -2.17. The molecule has 3 heteroatoms. The van der Waals surface area contributed by atoms with Crippen LogP contribution in [0.4, 0.5) is 0 Å². The van der Waals surface area contributed by atoms with Gasteiger partial charge in [0.05, 0.1) is 19.3 Å². The van der Waals surface area contributed by atoms with Crippen LogP contribution in [0.3, 0.4) is 0 Å². The molecule has 2 atom stereocenters. The number of aliphatic hydroxyl groups excluding tert-OH is 1. The van der Waals surface area contributed by atoms with E-state index in [1.807, 2.05) is 6.92 Å². The fourth-order valence-electron chi connectivity index (χ4n) is 1.04. The Balaban J connectivity index is 2.18. The van der Waals surface area contributed by atoms with E-state index in [1.165, 1.54) is 0 Å². The molecule has 1 aliphatic heterocycles. The Hall–Kier alpha value is -0.120. The van der Waals surface area contributed by atoms with Gasteiger partial charge in [-0.3, -0.25) is 0 Å². The van der Waals surface area contributed by atoms with Crippen molar-refractivity contribution in [2.75, 3.05) is 13.2 Å². The Labute approximate surface area is 67.3 Å². The lowest BCUT2D eigenvalue weighted by Crippen LogP contribution is -2.20. The maximum atomic E-state index is 9.17. The van der Waals surface area contributed by atoms with Crippen molar-refractivity contribution in [2.24, 2.45) is 5.92 Å². The number of hydrogen-bond acceptors (Lipinski definition) is 3. The van der Waals surface area contributed by atoms with Gasteiger partial charge in [0, 0.05) is 6.42 Å². The first kappa shape index (κ1) is 8.97. The average molecular weight is 160 g/mol. The quantitative estimate of drug-likeness (QED) is 0.662. The summed E-state index contributed by atoms with van der Waals surface area (Å²) in [4.78, 5) is 0. The van der Waals surface area contributed by atoms with Crippen LogP contribution < -0.4 is 0 Å². The van der Waals surface area contributed by atoms with Gasteiger partial charge in [-0.1, -0.05) is 6.92 Å². The van der Waals surface area contributed by atoms with Gasteiger partial charge in [0.2, 0.25) is 0 Å². The maximum absolute atomic E-state index is 9.17. The van der Waals surface area contributed by atoms with E-state index in [0.29, 0.717) is 13.2 Å². The fraction of sp³-hybridized carbons (Fsp3) is 1.00. The summed E-state index contributed by atoms with van der Waals surface area (Å²) in [5.74, 6) is 0.248. The van der Waals surface area contributed by atoms with Crippen LogP contribution in [0.1, 0.15) is 20.3 Å². The van der Waals surface area contributed by atoms with E-state index in [9.17, 15) is 5.11 Å². The lowest BCUT2D eigenvalue weighted by molar-refractivity contribution is -0.0656. The van der Waals surface area contributed by atoms with Crippen molar-refractivity contribution in [1.29, 1.82) is 0 Å². The van der Waals surface area contributed by atoms with E-state index in [4.69, 9.17) is 9.47 Å². The highest BCUT2D eigenvalue weighted by Gasteiger charge is 2.20. The third-order valence-corrected chi connectivity index (χ3v) is 2.08. The fourth-order valence-corrected chi connectivity index (χ4v) is 1.04. The number of ether oxygens (including phenoxy) is 2. The molecule has 1 rings (SSSR count). The van der Waals surface area contributed by atoms with E-state index < -0.39 is 0 Å². The topological polar surface area (TPSA) is 38.7 Å². The molecule has 0 amide bonds. The number of rotatable bonds is 3. The second-order valence-electron chi connectivity index (χ2n) is 3.12.